The van der Waals surface area contributed by atoms with Crippen LogP contribution in [0.2, 0.25) is 0 Å². The molecule has 1 nitrogen and oxygen atoms in total. The van der Waals surface area contributed by atoms with Crippen molar-refractivity contribution in [2.24, 2.45) is 29.1 Å². The first-order valence-corrected chi connectivity index (χ1v) is 14.1. The van der Waals surface area contributed by atoms with Gasteiger partial charge in [0, 0.05) is 5.41 Å². The van der Waals surface area contributed by atoms with Crippen LogP contribution in [-0.4, -0.2) is 6.29 Å². The second-order valence-corrected chi connectivity index (χ2v) is 11.7. The van der Waals surface area contributed by atoms with Gasteiger partial charge in [0.15, 0.2) is 0 Å². The Morgan fingerprint density at radius 3 is 1.94 bits per heavy atom. The minimum absolute atomic E-state index is 0.273. The molecule has 0 aromatic carbocycles. The second kappa shape index (κ2) is 19.2. The Kier molecular flexibility index (Phi) is 18.6. The Balaban J connectivity index is 3.91. The molecular weight excluding hydrogens is 400 g/mol. The highest BCUT2D eigenvalue weighted by molar-refractivity contribution is 5.58. The highest BCUT2D eigenvalue weighted by Crippen LogP contribution is 2.25. The molecule has 0 radical (unpaired) electrons. The quantitative estimate of drug-likeness (QED) is 0.101. The Morgan fingerprint density at radius 2 is 1.36 bits per heavy atom. The Hall–Kier alpha value is -1.11. The van der Waals surface area contributed by atoms with Gasteiger partial charge in [-0.2, -0.15) is 0 Å². The van der Waals surface area contributed by atoms with Crippen molar-refractivity contribution < 1.29 is 4.79 Å². The van der Waals surface area contributed by atoms with E-state index in [-0.39, 0.29) is 11.3 Å². The molecule has 33 heavy (non-hydrogen) atoms. The summed E-state index contributed by atoms with van der Waals surface area (Å²) >= 11 is 0. The van der Waals surface area contributed by atoms with Gasteiger partial charge in [-0.15, -0.1) is 0 Å². The van der Waals surface area contributed by atoms with E-state index in [9.17, 15) is 4.79 Å². The van der Waals surface area contributed by atoms with E-state index >= 15 is 0 Å². The molecule has 192 valence electrons. The zero-order chi connectivity index (χ0) is 25.1. The molecule has 4 unspecified atom stereocenters. The van der Waals surface area contributed by atoms with Gasteiger partial charge in [-0.25, -0.2) is 0 Å². The predicted molar refractivity (Wildman–Crippen MR) is 150 cm³/mol. The molecule has 0 fully saturated rings. The molecule has 0 aliphatic rings. The van der Waals surface area contributed by atoms with Crippen molar-refractivity contribution in [3.05, 3.63) is 36.0 Å². The summed E-state index contributed by atoms with van der Waals surface area (Å²) in [5, 5.41) is 0. The van der Waals surface area contributed by atoms with Gasteiger partial charge < -0.3 is 4.79 Å². The number of hydrogen-bond acceptors (Lipinski definition) is 1. The van der Waals surface area contributed by atoms with Gasteiger partial charge >= 0.3 is 0 Å². The van der Waals surface area contributed by atoms with Crippen LogP contribution in [0.4, 0.5) is 0 Å². The highest BCUT2D eigenvalue weighted by atomic mass is 16.1. The molecule has 1 heteroatoms. The van der Waals surface area contributed by atoms with Crippen molar-refractivity contribution in [1.82, 2.24) is 0 Å². The maximum Gasteiger partial charge on any atom is 0.126 e. The van der Waals surface area contributed by atoms with E-state index in [1.807, 2.05) is 13.8 Å². The summed E-state index contributed by atoms with van der Waals surface area (Å²) in [5.41, 5.74) is 1.28. The van der Waals surface area contributed by atoms with Crippen LogP contribution in [0.15, 0.2) is 36.0 Å². The highest BCUT2D eigenvalue weighted by Gasteiger charge is 2.22. The fraction of sp³-hybridized carbons (Fsp3) is 0.781. The molecule has 0 aromatic heterocycles. The van der Waals surface area contributed by atoms with Gasteiger partial charge in [0.05, 0.1) is 0 Å². The van der Waals surface area contributed by atoms with Crippen LogP contribution in [-0.2, 0) is 4.79 Å². The molecule has 0 saturated heterocycles. The van der Waals surface area contributed by atoms with Crippen LogP contribution in [0, 0.1) is 29.1 Å². The lowest BCUT2D eigenvalue weighted by Crippen LogP contribution is -2.21. The van der Waals surface area contributed by atoms with Gasteiger partial charge in [0.25, 0.3) is 0 Å². The summed E-state index contributed by atoms with van der Waals surface area (Å²) in [6, 6.07) is 0. The van der Waals surface area contributed by atoms with Crippen molar-refractivity contribution in [2.45, 2.75) is 132 Å². The Bertz CT molecular complexity index is 565. The van der Waals surface area contributed by atoms with Crippen LogP contribution >= 0.6 is 0 Å². The van der Waals surface area contributed by atoms with Gasteiger partial charge in [0.2, 0.25) is 0 Å². The third kappa shape index (κ3) is 18.0. The van der Waals surface area contributed by atoms with E-state index in [1.165, 1.54) is 57.8 Å². The summed E-state index contributed by atoms with van der Waals surface area (Å²) in [6.07, 6.45) is 28.0. The minimum atomic E-state index is -0.273. The smallest absolute Gasteiger partial charge is 0.126 e. The van der Waals surface area contributed by atoms with E-state index in [1.54, 1.807) is 5.57 Å². The van der Waals surface area contributed by atoms with Gasteiger partial charge in [-0.05, 0) is 56.3 Å². The molecule has 0 aliphatic heterocycles. The zero-order valence-corrected chi connectivity index (χ0v) is 23.7. The molecule has 4 atom stereocenters. The summed E-state index contributed by atoms with van der Waals surface area (Å²) in [7, 11) is 0. The monoisotopic (exact) mass is 458 g/mol. The second-order valence-electron chi connectivity index (χ2n) is 11.7. The predicted octanol–water partition coefficient (Wildman–Crippen LogP) is 10.5. The van der Waals surface area contributed by atoms with Crippen molar-refractivity contribution in [3.8, 4) is 0 Å². The third-order valence-corrected chi connectivity index (χ3v) is 7.41. The molecule has 0 saturated carbocycles. The van der Waals surface area contributed by atoms with Gasteiger partial charge in [-0.3, -0.25) is 0 Å². The van der Waals surface area contributed by atoms with Crippen LogP contribution in [0.25, 0.3) is 0 Å². The van der Waals surface area contributed by atoms with Crippen molar-refractivity contribution >= 4 is 6.29 Å². The molecule has 0 aliphatic carbocycles. The maximum absolute atomic E-state index is 11.1. The topological polar surface area (TPSA) is 17.1 Å². The fourth-order valence-electron chi connectivity index (χ4n) is 4.50. The molecule has 0 rings (SSSR count). The summed E-state index contributed by atoms with van der Waals surface area (Å²) in [6.45, 7) is 18.0. The molecule has 0 spiro atoms. The average Bonchev–Trinajstić information content (AvgIpc) is 2.75. The number of carbonyl (C=O) groups excluding carboxylic acids is 1. The van der Waals surface area contributed by atoms with Gasteiger partial charge in [-0.1, -0.05) is 136 Å². The van der Waals surface area contributed by atoms with E-state index in [2.05, 4.69) is 71.9 Å². The van der Waals surface area contributed by atoms with Crippen molar-refractivity contribution in [1.29, 1.82) is 0 Å². The molecule has 0 N–H and O–H groups in total. The number of carbonyl (C=O) groups is 1. The SMILES string of the molecule is CCCC(C)CCCC(C)CCCC(C)CC(C)=CCCC=CCC=CC(C)C(C)(C)C=O. The number of aldehydes is 1. The van der Waals surface area contributed by atoms with Crippen molar-refractivity contribution in [3.63, 3.8) is 0 Å². The number of allylic oxidation sites excluding steroid dienone is 6. The van der Waals surface area contributed by atoms with Crippen LogP contribution in [0.5, 0.6) is 0 Å². The maximum atomic E-state index is 11.1. The lowest BCUT2D eigenvalue weighted by molar-refractivity contribution is -0.116. The van der Waals surface area contributed by atoms with Crippen LogP contribution in [0.3, 0.4) is 0 Å². The molecular formula is C32H58O. The lowest BCUT2D eigenvalue weighted by atomic mass is 9.81. The zero-order valence-electron chi connectivity index (χ0n) is 23.7. The summed E-state index contributed by atoms with van der Waals surface area (Å²) < 4.78 is 0. The van der Waals surface area contributed by atoms with E-state index in [0.29, 0.717) is 0 Å². The van der Waals surface area contributed by atoms with E-state index in [4.69, 9.17) is 0 Å². The largest absolute Gasteiger partial charge is 0.303 e. The number of hydrogen-bond donors (Lipinski definition) is 0. The third-order valence-electron chi connectivity index (χ3n) is 7.41. The van der Waals surface area contributed by atoms with E-state index < -0.39 is 0 Å². The number of rotatable bonds is 20. The summed E-state index contributed by atoms with van der Waals surface area (Å²) in [5.74, 6) is 2.89. The molecule has 0 aromatic rings. The normalized spacial score (nSPS) is 16.9. The Labute approximate surface area is 208 Å². The van der Waals surface area contributed by atoms with Gasteiger partial charge in [0.1, 0.15) is 6.29 Å². The Morgan fingerprint density at radius 1 is 0.788 bits per heavy atom. The average molecular weight is 459 g/mol. The van der Waals surface area contributed by atoms with Crippen LogP contribution in [0.1, 0.15) is 132 Å². The summed E-state index contributed by atoms with van der Waals surface area (Å²) in [4.78, 5) is 11.1. The standard InChI is InChI=1S/C32H58O/c1-9-18-27(2)20-16-21-28(3)22-17-23-30(5)25-29(4)19-14-12-10-11-13-15-24-31(6)32(7,8)26-33/h10-11,15,19,24,26-28,30-31H,9,12-14,16-18,20-23,25H2,1-8H3. The first kappa shape index (κ1) is 31.9. The first-order chi connectivity index (χ1) is 15.6. The fourth-order valence-corrected chi connectivity index (χ4v) is 4.50. The van der Waals surface area contributed by atoms with Crippen LogP contribution < -0.4 is 0 Å². The van der Waals surface area contributed by atoms with E-state index in [0.717, 1.165) is 43.3 Å². The lowest BCUT2D eigenvalue weighted by Gasteiger charge is -2.22. The molecule has 0 amide bonds. The molecule has 0 heterocycles. The first-order valence-electron chi connectivity index (χ1n) is 14.1. The number of unbranched alkanes of at least 4 members (excludes halogenated alkanes) is 1. The molecule has 0 bridgehead atoms. The minimum Gasteiger partial charge on any atom is -0.303 e. The van der Waals surface area contributed by atoms with Crippen molar-refractivity contribution in [2.75, 3.05) is 0 Å².